The zero-order valence-electron chi connectivity index (χ0n) is 30.4. The summed E-state index contributed by atoms with van der Waals surface area (Å²) in [6.07, 6.45) is 2.02. The normalized spacial score (nSPS) is 11.6. The second-order valence-corrected chi connectivity index (χ2v) is 14.3. The van der Waals surface area contributed by atoms with Crippen LogP contribution in [0.2, 0.25) is 0 Å². The first-order chi connectivity index (χ1) is 27.8. The summed E-state index contributed by atoms with van der Waals surface area (Å²) in [5, 5.41) is 4.76. The Labute approximate surface area is 324 Å². The van der Waals surface area contributed by atoms with Gasteiger partial charge in [-0.1, -0.05) is 133 Å². The monoisotopic (exact) mass is 714 g/mol. The van der Waals surface area contributed by atoms with E-state index < -0.39 is 0 Å². The minimum Gasteiger partial charge on any atom is -0.309 e. The molecule has 0 spiro atoms. The number of rotatable bonds is 6. The van der Waals surface area contributed by atoms with Crippen molar-refractivity contribution in [2.45, 2.75) is 0 Å². The lowest BCUT2D eigenvalue weighted by Gasteiger charge is -2.13. The van der Waals surface area contributed by atoms with E-state index in [9.17, 15) is 0 Å². The van der Waals surface area contributed by atoms with Gasteiger partial charge in [-0.3, -0.25) is 4.57 Å². The lowest BCUT2D eigenvalue weighted by atomic mass is 9.99. The highest BCUT2D eigenvalue weighted by Crippen LogP contribution is 2.38. The van der Waals surface area contributed by atoms with Crippen molar-refractivity contribution in [3.05, 3.63) is 206 Å². The van der Waals surface area contributed by atoms with Crippen molar-refractivity contribution in [1.82, 2.24) is 19.1 Å². The average molecular weight is 715 g/mol. The zero-order valence-corrected chi connectivity index (χ0v) is 30.4. The third-order valence-corrected chi connectivity index (χ3v) is 10.9. The third kappa shape index (κ3) is 5.31. The van der Waals surface area contributed by atoms with Crippen LogP contribution in [0.3, 0.4) is 0 Å². The van der Waals surface area contributed by atoms with Crippen LogP contribution in [0.1, 0.15) is 0 Å². The molecule has 0 amide bonds. The van der Waals surface area contributed by atoms with Crippen molar-refractivity contribution in [3.8, 4) is 56.1 Å². The lowest BCUT2D eigenvalue weighted by Crippen LogP contribution is -1.95. The second-order valence-electron chi connectivity index (χ2n) is 14.3. The number of hydrogen-bond acceptors (Lipinski definition) is 2. The van der Waals surface area contributed by atoms with Crippen molar-refractivity contribution in [2.75, 3.05) is 0 Å². The van der Waals surface area contributed by atoms with E-state index in [1.807, 2.05) is 18.3 Å². The van der Waals surface area contributed by atoms with Crippen LogP contribution < -0.4 is 0 Å². The Morgan fingerprint density at radius 1 is 0.304 bits per heavy atom. The average Bonchev–Trinajstić information content (AvgIpc) is 3.79. The molecular formula is C52H34N4. The fraction of sp³-hybridized carbons (Fsp3) is 0. The highest BCUT2D eigenvalue weighted by Gasteiger charge is 2.17. The van der Waals surface area contributed by atoms with Crippen molar-refractivity contribution in [3.63, 3.8) is 0 Å². The highest BCUT2D eigenvalue weighted by molar-refractivity contribution is 6.12. The Hall–Kier alpha value is -7.56. The highest BCUT2D eigenvalue weighted by atomic mass is 15.0. The summed E-state index contributed by atoms with van der Waals surface area (Å²) in [6.45, 7) is 0. The Bertz CT molecular complexity index is 3170. The van der Waals surface area contributed by atoms with Crippen molar-refractivity contribution in [1.29, 1.82) is 0 Å². The molecule has 4 heteroatoms. The molecule has 0 unspecified atom stereocenters. The van der Waals surface area contributed by atoms with Crippen LogP contribution in [0, 0.1) is 0 Å². The van der Waals surface area contributed by atoms with E-state index in [0.29, 0.717) is 0 Å². The number of aromatic nitrogens is 4. The van der Waals surface area contributed by atoms with E-state index >= 15 is 0 Å². The zero-order chi connectivity index (χ0) is 37.0. The molecule has 11 rings (SSSR count). The van der Waals surface area contributed by atoms with Gasteiger partial charge in [0.1, 0.15) is 5.65 Å². The second kappa shape index (κ2) is 13.1. The molecule has 0 N–H and O–H groups in total. The van der Waals surface area contributed by atoms with Crippen molar-refractivity contribution >= 4 is 43.7 Å². The topological polar surface area (TPSA) is 35.6 Å². The largest absolute Gasteiger partial charge is 0.309 e. The number of fused-ring (bicyclic) bond motifs is 6. The Balaban J connectivity index is 1.05. The van der Waals surface area contributed by atoms with Crippen LogP contribution in [0.4, 0.5) is 0 Å². The molecule has 262 valence electrons. The van der Waals surface area contributed by atoms with E-state index in [1.54, 1.807) is 0 Å². The summed E-state index contributed by atoms with van der Waals surface area (Å²) in [5.41, 5.74) is 15.2. The number of para-hydroxylation sites is 3. The third-order valence-electron chi connectivity index (χ3n) is 10.9. The number of benzene rings is 7. The van der Waals surface area contributed by atoms with Crippen LogP contribution in [-0.2, 0) is 0 Å². The van der Waals surface area contributed by atoms with Gasteiger partial charge in [0.2, 0.25) is 0 Å². The SMILES string of the molecule is c1ccc(-c2cc(-c3cccc(-n4c5ccccc5c5cc(-c6cnc7c(c6)c6ccccc6n7-c6ccccc6)ccc54)c3)cc(-c3ccccc3)n2)cc1. The standard InChI is InChI=1S/C52H34N4/c1-4-15-35(16-5-1)47-32-39(33-48(54-47)36-17-6-2-7-18-36)37-19-14-22-42(29-37)55-49-25-12-10-23-43(49)45-30-38(27-28-51(45)55)40-31-46-44-24-11-13-26-50(44)56(52(46)53-34-40)41-20-8-3-9-21-41/h1-34H. The Morgan fingerprint density at radius 3 is 1.52 bits per heavy atom. The molecule has 0 saturated carbocycles. The van der Waals surface area contributed by atoms with E-state index in [2.05, 4.69) is 197 Å². The minimum absolute atomic E-state index is 0.953. The molecule has 11 aromatic rings. The van der Waals surface area contributed by atoms with E-state index in [-0.39, 0.29) is 0 Å². The summed E-state index contributed by atoms with van der Waals surface area (Å²) in [4.78, 5) is 10.2. The minimum atomic E-state index is 0.953. The van der Waals surface area contributed by atoms with E-state index in [1.165, 1.54) is 21.7 Å². The molecule has 0 atom stereocenters. The Kier molecular flexibility index (Phi) is 7.46. The van der Waals surface area contributed by atoms with Gasteiger partial charge in [0.15, 0.2) is 0 Å². The lowest BCUT2D eigenvalue weighted by molar-refractivity contribution is 1.14. The number of pyridine rings is 2. The van der Waals surface area contributed by atoms with Crippen molar-refractivity contribution < 1.29 is 0 Å². The van der Waals surface area contributed by atoms with Crippen LogP contribution in [0.5, 0.6) is 0 Å². The number of hydrogen-bond donors (Lipinski definition) is 0. The quantitative estimate of drug-likeness (QED) is 0.172. The van der Waals surface area contributed by atoms with Gasteiger partial charge in [-0.05, 0) is 83.4 Å². The summed E-state index contributed by atoms with van der Waals surface area (Å²) < 4.78 is 4.65. The molecule has 0 saturated heterocycles. The summed E-state index contributed by atoms with van der Waals surface area (Å²) in [7, 11) is 0. The molecule has 4 nitrogen and oxygen atoms in total. The molecule has 4 aromatic heterocycles. The molecule has 0 aliphatic rings. The van der Waals surface area contributed by atoms with Gasteiger partial charge < -0.3 is 4.57 Å². The summed E-state index contributed by atoms with van der Waals surface area (Å²) in [6, 6.07) is 71.1. The molecule has 56 heavy (non-hydrogen) atoms. The maximum atomic E-state index is 5.12. The molecule has 0 aliphatic heterocycles. The van der Waals surface area contributed by atoms with Crippen LogP contribution >= 0.6 is 0 Å². The van der Waals surface area contributed by atoms with Crippen LogP contribution in [-0.4, -0.2) is 19.1 Å². The first-order valence-electron chi connectivity index (χ1n) is 19.0. The Morgan fingerprint density at radius 2 is 0.821 bits per heavy atom. The van der Waals surface area contributed by atoms with Crippen molar-refractivity contribution in [2.24, 2.45) is 0 Å². The summed E-state index contributed by atoms with van der Waals surface area (Å²) in [5.74, 6) is 0. The van der Waals surface area contributed by atoms with Gasteiger partial charge in [0.05, 0.1) is 27.9 Å². The molecule has 4 heterocycles. The molecule has 0 bridgehead atoms. The maximum Gasteiger partial charge on any atom is 0.145 e. The molecule has 7 aromatic carbocycles. The summed E-state index contributed by atoms with van der Waals surface area (Å²) >= 11 is 0. The first-order valence-corrected chi connectivity index (χ1v) is 19.0. The maximum absolute atomic E-state index is 5.12. The van der Waals surface area contributed by atoms with Gasteiger partial charge in [-0.2, -0.15) is 0 Å². The van der Waals surface area contributed by atoms with Gasteiger partial charge in [-0.25, -0.2) is 9.97 Å². The molecule has 0 radical (unpaired) electrons. The van der Waals surface area contributed by atoms with Gasteiger partial charge in [0.25, 0.3) is 0 Å². The van der Waals surface area contributed by atoms with Gasteiger partial charge in [-0.15, -0.1) is 0 Å². The van der Waals surface area contributed by atoms with E-state index in [0.717, 1.165) is 78.2 Å². The van der Waals surface area contributed by atoms with Crippen LogP contribution in [0.25, 0.3) is 99.9 Å². The predicted molar refractivity (Wildman–Crippen MR) is 232 cm³/mol. The van der Waals surface area contributed by atoms with Crippen LogP contribution in [0.15, 0.2) is 206 Å². The fourth-order valence-corrected chi connectivity index (χ4v) is 8.31. The molecule has 0 fully saturated rings. The number of nitrogens with zero attached hydrogens (tertiary/aromatic N) is 4. The smallest absolute Gasteiger partial charge is 0.145 e. The van der Waals surface area contributed by atoms with Gasteiger partial charge >= 0.3 is 0 Å². The molecule has 0 aliphatic carbocycles. The predicted octanol–water partition coefficient (Wildman–Crippen LogP) is 13.3. The fourth-order valence-electron chi connectivity index (χ4n) is 8.31. The van der Waals surface area contributed by atoms with E-state index in [4.69, 9.17) is 9.97 Å². The van der Waals surface area contributed by atoms with Gasteiger partial charge in [0, 0.05) is 55.8 Å². The molecular weight excluding hydrogens is 681 g/mol. The first kappa shape index (κ1) is 31.9.